The first-order chi connectivity index (χ1) is 11.1. The van der Waals surface area contributed by atoms with Crippen molar-refractivity contribution in [1.29, 1.82) is 0 Å². The second-order valence-electron chi connectivity index (χ2n) is 6.08. The summed E-state index contributed by atoms with van der Waals surface area (Å²) in [6.07, 6.45) is 0. The Morgan fingerprint density at radius 1 is 1.00 bits per heavy atom. The summed E-state index contributed by atoms with van der Waals surface area (Å²) in [4.78, 5) is 0. The molecule has 0 radical (unpaired) electrons. The minimum Gasteiger partial charge on any atom is -0.329 e. The molecule has 118 valence electrons. The maximum absolute atomic E-state index is 6.10. The van der Waals surface area contributed by atoms with Crippen molar-refractivity contribution in [3.8, 4) is 11.3 Å². The summed E-state index contributed by atoms with van der Waals surface area (Å²) in [5.41, 5.74) is 13.2. The van der Waals surface area contributed by atoms with E-state index in [1.165, 1.54) is 16.7 Å². The van der Waals surface area contributed by atoms with Crippen LogP contribution in [0.25, 0.3) is 11.3 Å². The zero-order valence-corrected chi connectivity index (χ0v) is 14.0. The van der Waals surface area contributed by atoms with Crippen molar-refractivity contribution in [2.45, 2.75) is 19.8 Å². The molecule has 1 aromatic heterocycles. The van der Waals surface area contributed by atoms with Gasteiger partial charge in [0.2, 0.25) is 0 Å². The molecule has 0 saturated carbocycles. The third-order valence-corrected chi connectivity index (χ3v) is 4.51. The SMILES string of the molecule is Cc1ccc(C(CN)c2cc(-c3ccccc3)nn2C)cc1C. The summed E-state index contributed by atoms with van der Waals surface area (Å²) in [6, 6.07) is 19.0. The number of nitrogens with zero attached hydrogens (tertiary/aromatic N) is 2. The Hall–Kier alpha value is -2.39. The summed E-state index contributed by atoms with van der Waals surface area (Å²) < 4.78 is 1.95. The van der Waals surface area contributed by atoms with Gasteiger partial charge in [0.25, 0.3) is 0 Å². The van der Waals surface area contributed by atoms with Crippen LogP contribution in [0.4, 0.5) is 0 Å². The molecule has 3 heteroatoms. The van der Waals surface area contributed by atoms with Crippen molar-refractivity contribution in [1.82, 2.24) is 9.78 Å². The van der Waals surface area contributed by atoms with Crippen LogP contribution in [0.5, 0.6) is 0 Å². The van der Waals surface area contributed by atoms with Gasteiger partial charge in [0.1, 0.15) is 0 Å². The van der Waals surface area contributed by atoms with Crippen LogP contribution in [0, 0.1) is 13.8 Å². The van der Waals surface area contributed by atoms with E-state index in [0.717, 1.165) is 17.0 Å². The Balaban J connectivity index is 2.02. The highest BCUT2D eigenvalue weighted by Gasteiger charge is 2.18. The first-order valence-corrected chi connectivity index (χ1v) is 7.96. The Morgan fingerprint density at radius 3 is 2.39 bits per heavy atom. The monoisotopic (exact) mass is 305 g/mol. The largest absolute Gasteiger partial charge is 0.329 e. The van der Waals surface area contributed by atoms with Crippen molar-refractivity contribution >= 4 is 0 Å². The average Bonchev–Trinajstić information content (AvgIpc) is 2.94. The topological polar surface area (TPSA) is 43.8 Å². The van der Waals surface area contributed by atoms with Gasteiger partial charge < -0.3 is 5.73 Å². The molecule has 1 heterocycles. The first kappa shape index (κ1) is 15.5. The molecule has 3 rings (SSSR count). The predicted molar refractivity (Wildman–Crippen MR) is 95.5 cm³/mol. The Morgan fingerprint density at radius 2 is 1.74 bits per heavy atom. The van der Waals surface area contributed by atoms with Crippen molar-refractivity contribution < 1.29 is 0 Å². The molecule has 0 aliphatic heterocycles. The van der Waals surface area contributed by atoms with Gasteiger partial charge in [0.15, 0.2) is 0 Å². The summed E-state index contributed by atoms with van der Waals surface area (Å²) >= 11 is 0. The maximum Gasteiger partial charge on any atom is 0.0926 e. The van der Waals surface area contributed by atoms with Gasteiger partial charge >= 0.3 is 0 Å². The fourth-order valence-electron chi connectivity index (χ4n) is 2.97. The van der Waals surface area contributed by atoms with Gasteiger partial charge in [-0.3, -0.25) is 4.68 Å². The Labute approximate surface area is 137 Å². The van der Waals surface area contributed by atoms with E-state index in [2.05, 4.69) is 55.3 Å². The van der Waals surface area contributed by atoms with Crippen LogP contribution in [0.2, 0.25) is 0 Å². The summed E-state index contributed by atoms with van der Waals surface area (Å²) in [5.74, 6) is 0.157. The van der Waals surface area contributed by atoms with Crippen LogP contribution in [0.15, 0.2) is 54.6 Å². The zero-order valence-electron chi connectivity index (χ0n) is 14.0. The summed E-state index contributed by atoms with van der Waals surface area (Å²) in [6.45, 7) is 4.84. The fraction of sp³-hybridized carbons (Fsp3) is 0.250. The van der Waals surface area contributed by atoms with Gasteiger partial charge in [-0.2, -0.15) is 5.10 Å². The van der Waals surface area contributed by atoms with Crippen molar-refractivity contribution in [3.63, 3.8) is 0 Å². The highest BCUT2D eigenvalue weighted by molar-refractivity contribution is 5.59. The second-order valence-corrected chi connectivity index (χ2v) is 6.08. The molecule has 2 N–H and O–H groups in total. The van der Waals surface area contributed by atoms with E-state index in [1.807, 2.05) is 29.9 Å². The van der Waals surface area contributed by atoms with Crippen LogP contribution in [0.1, 0.15) is 28.3 Å². The van der Waals surface area contributed by atoms with E-state index in [1.54, 1.807) is 0 Å². The number of rotatable bonds is 4. The van der Waals surface area contributed by atoms with Gasteiger partial charge in [-0.15, -0.1) is 0 Å². The number of hydrogen-bond donors (Lipinski definition) is 1. The maximum atomic E-state index is 6.10. The quantitative estimate of drug-likeness (QED) is 0.797. The van der Waals surface area contributed by atoms with Crippen LogP contribution in [-0.2, 0) is 7.05 Å². The van der Waals surface area contributed by atoms with Crippen LogP contribution in [0.3, 0.4) is 0 Å². The fourth-order valence-corrected chi connectivity index (χ4v) is 2.97. The number of aromatic nitrogens is 2. The highest BCUT2D eigenvalue weighted by Crippen LogP contribution is 2.28. The molecule has 0 fully saturated rings. The lowest BCUT2D eigenvalue weighted by atomic mass is 9.92. The lowest BCUT2D eigenvalue weighted by Crippen LogP contribution is -2.17. The molecule has 0 saturated heterocycles. The molecule has 0 aliphatic rings. The normalized spacial score (nSPS) is 12.3. The van der Waals surface area contributed by atoms with Crippen LogP contribution >= 0.6 is 0 Å². The molecule has 0 aliphatic carbocycles. The number of nitrogens with two attached hydrogens (primary N) is 1. The Bertz CT molecular complexity index is 803. The van der Waals surface area contributed by atoms with E-state index < -0.39 is 0 Å². The third-order valence-electron chi connectivity index (χ3n) is 4.51. The molecule has 23 heavy (non-hydrogen) atoms. The van der Waals surface area contributed by atoms with Crippen LogP contribution < -0.4 is 5.73 Å². The molecule has 0 amide bonds. The van der Waals surface area contributed by atoms with E-state index >= 15 is 0 Å². The lowest BCUT2D eigenvalue weighted by molar-refractivity contribution is 0.664. The molecule has 1 unspecified atom stereocenters. The van der Waals surface area contributed by atoms with E-state index in [9.17, 15) is 0 Å². The third kappa shape index (κ3) is 3.06. The van der Waals surface area contributed by atoms with Gasteiger partial charge in [-0.05, 0) is 36.6 Å². The molecule has 1 atom stereocenters. The average molecular weight is 305 g/mol. The minimum absolute atomic E-state index is 0.157. The van der Waals surface area contributed by atoms with Crippen molar-refractivity contribution in [2.24, 2.45) is 12.8 Å². The summed E-state index contributed by atoms with van der Waals surface area (Å²) in [7, 11) is 1.99. The van der Waals surface area contributed by atoms with Gasteiger partial charge in [-0.25, -0.2) is 0 Å². The van der Waals surface area contributed by atoms with Crippen molar-refractivity contribution in [3.05, 3.63) is 77.0 Å². The standard InChI is InChI=1S/C20H23N3/c1-14-9-10-17(11-15(14)2)18(13-21)20-12-19(22-23(20)3)16-7-5-4-6-8-16/h4-12,18H,13,21H2,1-3H3. The number of hydrogen-bond acceptors (Lipinski definition) is 2. The highest BCUT2D eigenvalue weighted by atomic mass is 15.3. The predicted octanol–water partition coefficient (Wildman–Crippen LogP) is 3.79. The smallest absolute Gasteiger partial charge is 0.0926 e. The van der Waals surface area contributed by atoms with Crippen LogP contribution in [-0.4, -0.2) is 16.3 Å². The minimum atomic E-state index is 0.157. The molecular formula is C20H23N3. The molecule has 0 spiro atoms. The molecule has 3 nitrogen and oxygen atoms in total. The molecular weight excluding hydrogens is 282 g/mol. The summed E-state index contributed by atoms with van der Waals surface area (Å²) in [5, 5.41) is 4.68. The van der Waals surface area contributed by atoms with Crippen molar-refractivity contribution in [2.75, 3.05) is 6.54 Å². The van der Waals surface area contributed by atoms with Gasteiger partial charge in [-0.1, -0.05) is 48.5 Å². The van der Waals surface area contributed by atoms with E-state index in [0.29, 0.717) is 6.54 Å². The first-order valence-electron chi connectivity index (χ1n) is 7.96. The van der Waals surface area contributed by atoms with E-state index in [4.69, 9.17) is 5.73 Å². The molecule has 0 bridgehead atoms. The van der Waals surface area contributed by atoms with Gasteiger partial charge in [0, 0.05) is 30.8 Å². The zero-order chi connectivity index (χ0) is 16.4. The second kappa shape index (κ2) is 6.39. The molecule has 3 aromatic rings. The van der Waals surface area contributed by atoms with E-state index in [-0.39, 0.29) is 5.92 Å². The number of aryl methyl sites for hydroxylation is 3. The van der Waals surface area contributed by atoms with Gasteiger partial charge in [0.05, 0.1) is 5.69 Å². The Kier molecular flexibility index (Phi) is 4.30. The lowest BCUT2D eigenvalue weighted by Gasteiger charge is -2.17. The molecule has 2 aromatic carbocycles. The number of benzene rings is 2.